The maximum Gasteiger partial charge on any atom is 0.234 e. The summed E-state index contributed by atoms with van der Waals surface area (Å²) in [6, 6.07) is 4.58. The molecule has 1 N–H and O–H groups in total. The molecule has 2 rings (SSSR count). The molecule has 1 amide bonds. The van der Waals surface area contributed by atoms with Crippen molar-refractivity contribution in [3.8, 4) is 0 Å². The zero-order chi connectivity index (χ0) is 15.2. The highest BCUT2D eigenvalue weighted by molar-refractivity contribution is 6.31. The number of carbonyl (C=O) groups is 1. The van der Waals surface area contributed by atoms with Crippen LogP contribution in [0.1, 0.15) is 18.4 Å². The minimum Gasteiger partial charge on any atom is -0.376 e. The zero-order valence-electron chi connectivity index (χ0n) is 12.1. The molecule has 0 bridgehead atoms. The van der Waals surface area contributed by atoms with E-state index in [1.54, 1.807) is 24.1 Å². The number of rotatable bonds is 6. The summed E-state index contributed by atoms with van der Waals surface area (Å²) in [5.74, 6) is -0.449. The number of ether oxygens (including phenoxy) is 1. The van der Waals surface area contributed by atoms with Crippen LogP contribution in [0.3, 0.4) is 0 Å². The van der Waals surface area contributed by atoms with E-state index < -0.39 is 0 Å². The molecular weight excluding hydrogens is 295 g/mol. The van der Waals surface area contributed by atoms with Crippen molar-refractivity contribution in [2.75, 3.05) is 26.7 Å². The molecule has 0 radical (unpaired) electrons. The zero-order valence-corrected chi connectivity index (χ0v) is 12.8. The standard InChI is InChI=1S/C15H20ClFN2O2/c1-19(9-12-13(16)5-2-6-14(12)17)10-15(20)18-8-11-4-3-7-21-11/h2,5-6,11H,3-4,7-10H2,1H3,(H,18,20)/t11-/m0/s1. The highest BCUT2D eigenvalue weighted by atomic mass is 35.5. The molecule has 1 fully saturated rings. The van der Waals surface area contributed by atoms with Crippen LogP contribution in [0.5, 0.6) is 0 Å². The SMILES string of the molecule is CN(CC(=O)NC[C@@H]1CCCO1)Cc1c(F)cccc1Cl. The molecular formula is C15H20ClFN2O2. The second-order valence-electron chi connectivity index (χ2n) is 5.31. The molecule has 1 aromatic rings. The topological polar surface area (TPSA) is 41.6 Å². The van der Waals surface area contributed by atoms with Crippen LogP contribution in [0.25, 0.3) is 0 Å². The lowest BCUT2D eigenvalue weighted by molar-refractivity contribution is -0.122. The number of nitrogens with one attached hydrogen (secondary N) is 1. The van der Waals surface area contributed by atoms with Crippen LogP contribution in [-0.2, 0) is 16.1 Å². The van der Waals surface area contributed by atoms with Gasteiger partial charge >= 0.3 is 0 Å². The maximum atomic E-state index is 13.7. The van der Waals surface area contributed by atoms with Gasteiger partial charge in [0.1, 0.15) is 5.82 Å². The number of benzene rings is 1. The Morgan fingerprint density at radius 1 is 1.57 bits per heavy atom. The summed E-state index contributed by atoms with van der Waals surface area (Å²) >= 11 is 5.97. The first-order chi connectivity index (χ1) is 10.1. The number of hydrogen-bond donors (Lipinski definition) is 1. The number of nitrogens with zero attached hydrogens (tertiary/aromatic N) is 1. The summed E-state index contributed by atoms with van der Waals surface area (Å²) < 4.78 is 19.1. The summed E-state index contributed by atoms with van der Waals surface area (Å²) in [4.78, 5) is 13.6. The van der Waals surface area contributed by atoms with E-state index in [0.717, 1.165) is 19.4 Å². The lowest BCUT2D eigenvalue weighted by Gasteiger charge is -2.18. The highest BCUT2D eigenvalue weighted by Gasteiger charge is 2.17. The number of halogens is 2. The number of hydrogen-bond acceptors (Lipinski definition) is 3. The number of amides is 1. The first kappa shape index (κ1) is 16.2. The summed E-state index contributed by atoms with van der Waals surface area (Å²) in [7, 11) is 1.76. The Kier molecular flexibility index (Phi) is 5.96. The van der Waals surface area contributed by atoms with Gasteiger partial charge in [-0.05, 0) is 32.0 Å². The van der Waals surface area contributed by atoms with E-state index in [-0.39, 0.29) is 24.4 Å². The Hall–Kier alpha value is -1.17. The van der Waals surface area contributed by atoms with Gasteiger partial charge in [-0.3, -0.25) is 9.69 Å². The number of carbonyl (C=O) groups excluding carboxylic acids is 1. The van der Waals surface area contributed by atoms with E-state index in [1.807, 2.05) is 0 Å². The van der Waals surface area contributed by atoms with E-state index >= 15 is 0 Å². The molecule has 4 nitrogen and oxygen atoms in total. The van der Waals surface area contributed by atoms with Gasteiger partial charge in [0.05, 0.1) is 12.6 Å². The molecule has 21 heavy (non-hydrogen) atoms. The summed E-state index contributed by atoms with van der Waals surface area (Å²) in [5, 5.41) is 3.21. The monoisotopic (exact) mass is 314 g/mol. The minimum absolute atomic E-state index is 0.0968. The third-order valence-corrected chi connectivity index (χ3v) is 3.81. The van der Waals surface area contributed by atoms with E-state index in [1.165, 1.54) is 6.07 Å². The largest absolute Gasteiger partial charge is 0.376 e. The Labute approximate surface area is 129 Å². The first-order valence-corrected chi connectivity index (χ1v) is 7.44. The van der Waals surface area contributed by atoms with Crippen LogP contribution >= 0.6 is 11.6 Å². The van der Waals surface area contributed by atoms with Crippen molar-refractivity contribution in [3.05, 3.63) is 34.6 Å². The Balaban J connectivity index is 1.78. The quantitative estimate of drug-likeness (QED) is 0.875. The van der Waals surface area contributed by atoms with Crippen LogP contribution in [0.15, 0.2) is 18.2 Å². The lowest BCUT2D eigenvalue weighted by Crippen LogP contribution is -2.38. The number of likely N-dealkylation sites (N-methyl/N-ethyl adjacent to an activating group) is 1. The minimum atomic E-state index is -0.353. The predicted octanol–water partition coefficient (Wildman–Crippen LogP) is 2.21. The smallest absolute Gasteiger partial charge is 0.234 e. The van der Waals surface area contributed by atoms with Crippen LogP contribution in [0, 0.1) is 5.82 Å². The first-order valence-electron chi connectivity index (χ1n) is 7.06. The van der Waals surface area contributed by atoms with Crippen molar-refractivity contribution in [2.24, 2.45) is 0 Å². The van der Waals surface area contributed by atoms with Gasteiger partial charge in [-0.1, -0.05) is 17.7 Å². The predicted molar refractivity (Wildman–Crippen MR) is 79.7 cm³/mol. The Morgan fingerprint density at radius 3 is 3.05 bits per heavy atom. The van der Waals surface area contributed by atoms with Gasteiger partial charge in [0, 0.05) is 30.3 Å². The maximum absolute atomic E-state index is 13.7. The van der Waals surface area contributed by atoms with Gasteiger partial charge in [-0.15, -0.1) is 0 Å². The molecule has 0 aromatic heterocycles. The van der Waals surface area contributed by atoms with Crippen LogP contribution < -0.4 is 5.32 Å². The molecule has 0 aliphatic carbocycles. The van der Waals surface area contributed by atoms with Crippen LogP contribution in [0.2, 0.25) is 5.02 Å². The molecule has 1 heterocycles. The average Bonchev–Trinajstić information content (AvgIpc) is 2.94. The molecule has 6 heteroatoms. The highest BCUT2D eigenvalue weighted by Crippen LogP contribution is 2.20. The van der Waals surface area contributed by atoms with E-state index in [2.05, 4.69) is 5.32 Å². The van der Waals surface area contributed by atoms with Gasteiger partial charge in [-0.2, -0.15) is 0 Å². The van der Waals surface area contributed by atoms with Crippen molar-refractivity contribution >= 4 is 17.5 Å². The molecule has 1 aliphatic rings. The van der Waals surface area contributed by atoms with Crippen LogP contribution in [0.4, 0.5) is 4.39 Å². The molecule has 0 saturated carbocycles. The van der Waals surface area contributed by atoms with Gasteiger partial charge in [-0.25, -0.2) is 4.39 Å². The van der Waals surface area contributed by atoms with Gasteiger partial charge in [0.2, 0.25) is 5.91 Å². The fraction of sp³-hybridized carbons (Fsp3) is 0.533. The van der Waals surface area contributed by atoms with Crippen molar-refractivity contribution in [1.29, 1.82) is 0 Å². The van der Waals surface area contributed by atoms with Crippen molar-refractivity contribution in [2.45, 2.75) is 25.5 Å². The van der Waals surface area contributed by atoms with E-state index in [9.17, 15) is 9.18 Å². The fourth-order valence-electron chi connectivity index (χ4n) is 2.34. The molecule has 1 aliphatic heterocycles. The third-order valence-electron chi connectivity index (χ3n) is 3.45. The second kappa shape index (κ2) is 7.73. The normalized spacial score (nSPS) is 18.2. The molecule has 116 valence electrons. The lowest BCUT2D eigenvalue weighted by atomic mass is 10.2. The van der Waals surface area contributed by atoms with E-state index in [0.29, 0.717) is 23.7 Å². The average molecular weight is 315 g/mol. The molecule has 0 spiro atoms. The Morgan fingerprint density at radius 2 is 2.38 bits per heavy atom. The second-order valence-corrected chi connectivity index (χ2v) is 5.72. The van der Waals surface area contributed by atoms with Crippen LogP contribution in [-0.4, -0.2) is 43.7 Å². The van der Waals surface area contributed by atoms with Gasteiger partial charge in [0.25, 0.3) is 0 Å². The van der Waals surface area contributed by atoms with Gasteiger partial charge < -0.3 is 10.1 Å². The molecule has 0 unspecified atom stereocenters. The third kappa shape index (κ3) is 4.95. The Bertz CT molecular complexity index is 472. The van der Waals surface area contributed by atoms with Crippen molar-refractivity contribution in [3.63, 3.8) is 0 Å². The van der Waals surface area contributed by atoms with E-state index in [4.69, 9.17) is 16.3 Å². The fourth-order valence-corrected chi connectivity index (χ4v) is 2.57. The molecule has 1 aromatic carbocycles. The van der Waals surface area contributed by atoms with Crippen molar-refractivity contribution in [1.82, 2.24) is 10.2 Å². The summed E-state index contributed by atoms with van der Waals surface area (Å²) in [6.07, 6.45) is 2.16. The molecule has 1 saturated heterocycles. The molecule has 1 atom stereocenters. The van der Waals surface area contributed by atoms with Crippen molar-refractivity contribution < 1.29 is 13.9 Å². The van der Waals surface area contributed by atoms with Gasteiger partial charge in [0.15, 0.2) is 0 Å². The summed E-state index contributed by atoms with van der Waals surface area (Å²) in [6.45, 7) is 1.79. The summed E-state index contributed by atoms with van der Waals surface area (Å²) in [5.41, 5.74) is 0.411.